The molecule has 3 heterocycles. The number of nitrogens with zero attached hydrogens (tertiary/aromatic N) is 5. The van der Waals surface area contributed by atoms with Crippen LogP contribution in [0.2, 0.25) is 0 Å². The van der Waals surface area contributed by atoms with Crippen LogP contribution in [-0.2, 0) is 12.8 Å². The van der Waals surface area contributed by atoms with Crippen molar-refractivity contribution >= 4 is 33.5 Å². The highest BCUT2D eigenvalue weighted by molar-refractivity contribution is 7.18. The van der Waals surface area contributed by atoms with Gasteiger partial charge in [-0.05, 0) is 61.1 Å². The molecule has 0 bridgehead atoms. The molecule has 0 N–H and O–H groups in total. The Labute approximate surface area is 185 Å². The Morgan fingerprint density at radius 2 is 1.94 bits per heavy atom. The molecule has 0 aliphatic heterocycles. The molecule has 0 spiro atoms. The van der Waals surface area contributed by atoms with Gasteiger partial charge in [0.25, 0.3) is 11.2 Å². The average molecular weight is 447 g/mol. The van der Waals surface area contributed by atoms with Gasteiger partial charge in [0.1, 0.15) is 23.1 Å². The quantitative estimate of drug-likeness (QED) is 0.256. The topological polar surface area (TPSA) is 113 Å². The number of pyridine rings is 1. The van der Waals surface area contributed by atoms with Crippen LogP contribution in [0.25, 0.3) is 10.2 Å². The van der Waals surface area contributed by atoms with Crippen LogP contribution >= 0.6 is 11.3 Å². The van der Waals surface area contributed by atoms with Gasteiger partial charge in [-0.2, -0.15) is 9.78 Å². The van der Waals surface area contributed by atoms with E-state index < -0.39 is 4.92 Å². The summed E-state index contributed by atoms with van der Waals surface area (Å²) in [6.07, 6.45) is 8.38. The molecule has 9 nitrogen and oxygen atoms in total. The summed E-state index contributed by atoms with van der Waals surface area (Å²) in [5.41, 5.74) is 1.66. The van der Waals surface area contributed by atoms with Crippen LogP contribution in [0, 0.1) is 10.1 Å². The Bertz CT molecular complexity index is 1390. The van der Waals surface area contributed by atoms with E-state index in [9.17, 15) is 14.9 Å². The molecule has 0 atom stereocenters. The second-order valence-corrected chi connectivity index (χ2v) is 8.40. The molecule has 32 heavy (non-hydrogen) atoms. The number of thiophene rings is 1. The molecular weight excluding hydrogens is 430 g/mol. The number of benzene rings is 1. The third kappa shape index (κ3) is 3.87. The Balaban J connectivity index is 1.33. The summed E-state index contributed by atoms with van der Waals surface area (Å²) in [5, 5.41) is 15.7. The average Bonchev–Trinajstić information content (AvgIpc) is 3.19. The van der Waals surface area contributed by atoms with Gasteiger partial charge in [0, 0.05) is 17.0 Å². The van der Waals surface area contributed by atoms with Crippen molar-refractivity contribution in [3.05, 3.63) is 85.4 Å². The number of hydrogen-bond acceptors (Lipinski definition) is 8. The monoisotopic (exact) mass is 447 g/mol. The van der Waals surface area contributed by atoms with E-state index in [1.807, 2.05) is 0 Å². The molecule has 160 valence electrons. The lowest BCUT2D eigenvalue weighted by Crippen LogP contribution is -2.18. The van der Waals surface area contributed by atoms with Crippen molar-refractivity contribution in [2.45, 2.75) is 25.7 Å². The van der Waals surface area contributed by atoms with Crippen LogP contribution in [-0.4, -0.2) is 25.8 Å². The van der Waals surface area contributed by atoms with Crippen molar-refractivity contribution < 1.29 is 9.66 Å². The molecule has 3 aromatic heterocycles. The van der Waals surface area contributed by atoms with Crippen LogP contribution in [0.15, 0.2) is 58.8 Å². The summed E-state index contributed by atoms with van der Waals surface area (Å²) in [4.78, 5) is 33.5. The zero-order valence-electron chi connectivity index (χ0n) is 16.8. The highest BCUT2D eigenvalue weighted by Crippen LogP contribution is 2.33. The van der Waals surface area contributed by atoms with Gasteiger partial charge in [-0.25, -0.2) is 9.97 Å². The summed E-state index contributed by atoms with van der Waals surface area (Å²) in [5.74, 6) is 0.774. The molecule has 1 aliphatic rings. The SMILES string of the molecule is O=c1c2c3c(sc2ncn1/N=C/c1ccc(Oc2ccc([N+](=O)[O-])cn2)cc1)CCCC3. The van der Waals surface area contributed by atoms with Gasteiger partial charge in [-0.15, -0.1) is 11.3 Å². The number of fused-ring (bicyclic) bond motifs is 3. The first-order valence-corrected chi connectivity index (χ1v) is 10.8. The first kappa shape index (κ1) is 20.0. The molecule has 10 heteroatoms. The summed E-state index contributed by atoms with van der Waals surface area (Å²) < 4.78 is 6.87. The molecule has 0 fully saturated rings. The maximum absolute atomic E-state index is 13.0. The van der Waals surface area contributed by atoms with E-state index in [0.29, 0.717) is 11.1 Å². The van der Waals surface area contributed by atoms with E-state index in [-0.39, 0.29) is 17.1 Å². The second kappa shape index (κ2) is 8.31. The summed E-state index contributed by atoms with van der Waals surface area (Å²) in [7, 11) is 0. The largest absolute Gasteiger partial charge is 0.439 e. The van der Waals surface area contributed by atoms with E-state index in [0.717, 1.165) is 47.8 Å². The molecule has 0 radical (unpaired) electrons. The number of nitro groups is 1. The maximum Gasteiger partial charge on any atom is 0.287 e. The third-order valence-electron chi connectivity index (χ3n) is 5.22. The lowest BCUT2D eigenvalue weighted by molar-refractivity contribution is -0.385. The van der Waals surface area contributed by atoms with Crippen LogP contribution in [0.1, 0.15) is 28.8 Å². The van der Waals surface area contributed by atoms with E-state index >= 15 is 0 Å². The van der Waals surface area contributed by atoms with Gasteiger partial charge in [0.05, 0.1) is 16.5 Å². The summed E-state index contributed by atoms with van der Waals surface area (Å²) >= 11 is 1.61. The number of rotatable bonds is 5. The predicted octanol–water partition coefficient (Wildman–Crippen LogP) is 4.31. The molecule has 1 aromatic carbocycles. The van der Waals surface area contributed by atoms with E-state index in [1.165, 1.54) is 28.0 Å². The van der Waals surface area contributed by atoms with Crippen molar-refractivity contribution in [2.75, 3.05) is 0 Å². The lowest BCUT2D eigenvalue weighted by Gasteiger charge is -2.09. The molecule has 1 aliphatic carbocycles. The van der Waals surface area contributed by atoms with Crippen LogP contribution in [0.3, 0.4) is 0 Å². The highest BCUT2D eigenvalue weighted by Gasteiger charge is 2.19. The summed E-state index contributed by atoms with van der Waals surface area (Å²) in [6, 6.07) is 9.79. The zero-order chi connectivity index (χ0) is 22.1. The van der Waals surface area contributed by atoms with Gasteiger partial charge in [0.15, 0.2) is 0 Å². The van der Waals surface area contributed by atoms with Crippen LogP contribution < -0.4 is 10.3 Å². The number of aromatic nitrogens is 3. The Morgan fingerprint density at radius 1 is 1.12 bits per heavy atom. The smallest absolute Gasteiger partial charge is 0.287 e. The normalized spacial score (nSPS) is 13.4. The van der Waals surface area contributed by atoms with Crippen LogP contribution in [0.5, 0.6) is 11.6 Å². The maximum atomic E-state index is 13.0. The molecular formula is C22H17N5O4S. The fraction of sp³-hybridized carbons (Fsp3) is 0.182. The molecule has 4 aromatic rings. The Hall–Kier alpha value is -3.92. The minimum atomic E-state index is -0.517. The first-order chi connectivity index (χ1) is 15.6. The van der Waals surface area contributed by atoms with E-state index in [2.05, 4.69) is 15.1 Å². The number of ether oxygens (including phenoxy) is 1. The van der Waals surface area contributed by atoms with Gasteiger partial charge in [0.2, 0.25) is 5.88 Å². The Kier molecular flexibility index (Phi) is 5.20. The van der Waals surface area contributed by atoms with Crippen molar-refractivity contribution in [1.82, 2.24) is 14.6 Å². The lowest BCUT2D eigenvalue weighted by atomic mass is 9.97. The standard InChI is InChI=1S/C22H17N5O4S/c28-22-20-17-3-1-2-4-18(17)32-21(20)24-13-26(22)25-11-14-5-8-16(9-6-14)31-19-10-7-15(12-23-19)27(29)30/h5-13H,1-4H2/b25-11+. The Morgan fingerprint density at radius 3 is 2.69 bits per heavy atom. The second-order valence-electron chi connectivity index (χ2n) is 7.31. The van der Waals surface area contributed by atoms with Crippen molar-refractivity contribution in [3.63, 3.8) is 0 Å². The molecule has 5 rings (SSSR count). The minimum absolute atomic E-state index is 0.102. The molecule has 0 unspecified atom stereocenters. The predicted molar refractivity (Wildman–Crippen MR) is 121 cm³/mol. The first-order valence-electron chi connectivity index (χ1n) is 10.0. The zero-order valence-corrected chi connectivity index (χ0v) is 17.6. The number of hydrogen-bond donors (Lipinski definition) is 0. The van der Waals surface area contributed by atoms with Gasteiger partial charge < -0.3 is 4.74 Å². The van der Waals surface area contributed by atoms with Crippen molar-refractivity contribution in [1.29, 1.82) is 0 Å². The molecule has 0 amide bonds. The van der Waals surface area contributed by atoms with Crippen LogP contribution in [0.4, 0.5) is 5.69 Å². The van der Waals surface area contributed by atoms with Gasteiger partial charge in [-0.1, -0.05) is 0 Å². The fourth-order valence-corrected chi connectivity index (χ4v) is 4.85. The molecule has 0 saturated heterocycles. The van der Waals surface area contributed by atoms with Gasteiger partial charge >= 0.3 is 0 Å². The van der Waals surface area contributed by atoms with Crippen molar-refractivity contribution in [2.24, 2.45) is 5.10 Å². The fourth-order valence-electron chi connectivity index (χ4n) is 3.63. The third-order valence-corrected chi connectivity index (χ3v) is 6.42. The number of aryl methyl sites for hydroxylation is 2. The van der Waals surface area contributed by atoms with Crippen molar-refractivity contribution in [3.8, 4) is 11.6 Å². The van der Waals surface area contributed by atoms with E-state index in [4.69, 9.17) is 4.74 Å². The minimum Gasteiger partial charge on any atom is -0.439 e. The van der Waals surface area contributed by atoms with E-state index in [1.54, 1.807) is 41.8 Å². The molecule has 0 saturated carbocycles. The summed E-state index contributed by atoms with van der Waals surface area (Å²) in [6.45, 7) is 0. The highest BCUT2D eigenvalue weighted by atomic mass is 32.1. The van der Waals surface area contributed by atoms with Gasteiger partial charge in [-0.3, -0.25) is 14.9 Å².